The molecular weight excluding hydrogens is 302 g/mol. The van der Waals surface area contributed by atoms with Gasteiger partial charge in [0.05, 0.1) is 12.2 Å². The van der Waals surface area contributed by atoms with Gasteiger partial charge in [-0.1, -0.05) is 30.3 Å². The summed E-state index contributed by atoms with van der Waals surface area (Å²) in [5.41, 5.74) is 5.97. The zero-order valence-corrected chi connectivity index (χ0v) is 12.2. The quantitative estimate of drug-likeness (QED) is 0.297. The number of aliphatic hydroxyl groups excluding tert-OH is 5. The highest BCUT2D eigenvalue weighted by Crippen LogP contribution is 2.26. The van der Waals surface area contributed by atoms with Gasteiger partial charge in [-0.2, -0.15) is 0 Å². The standard InChI is InChI=1S/C16H19NO6/c17-10-6-5-8-3-1-2-4-9(8)12(10)14(21)16(23)15(22)13(20)11(19)7-18/h1-6,11,13,15-16,18-20,22-23H,7,17H2/t11-,13+,15+,16+/m1/s1. The molecule has 2 aromatic carbocycles. The third-order valence-corrected chi connectivity index (χ3v) is 3.73. The Balaban J connectivity index is 2.39. The van der Waals surface area contributed by atoms with Crippen LogP contribution in [0.4, 0.5) is 5.69 Å². The van der Waals surface area contributed by atoms with Gasteiger partial charge in [-0.15, -0.1) is 0 Å². The molecule has 0 aliphatic heterocycles. The first-order valence-electron chi connectivity index (χ1n) is 7.03. The van der Waals surface area contributed by atoms with E-state index in [2.05, 4.69) is 0 Å². The first-order chi connectivity index (χ1) is 10.9. The highest BCUT2D eigenvalue weighted by molar-refractivity contribution is 6.14. The minimum Gasteiger partial charge on any atom is -0.398 e. The van der Waals surface area contributed by atoms with Crippen molar-refractivity contribution in [2.45, 2.75) is 24.4 Å². The number of fused-ring (bicyclic) bond motifs is 1. The van der Waals surface area contributed by atoms with Crippen molar-refractivity contribution in [3.8, 4) is 0 Å². The summed E-state index contributed by atoms with van der Waals surface area (Å²) in [5, 5.41) is 48.8. The highest BCUT2D eigenvalue weighted by Gasteiger charge is 2.35. The van der Waals surface area contributed by atoms with Crippen LogP contribution in [-0.4, -0.2) is 62.3 Å². The molecule has 0 radical (unpaired) electrons. The van der Waals surface area contributed by atoms with Gasteiger partial charge in [-0.05, 0) is 16.8 Å². The molecule has 4 atom stereocenters. The van der Waals surface area contributed by atoms with E-state index < -0.39 is 36.8 Å². The van der Waals surface area contributed by atoms with Crippen molar-refractivity contribution >= 4 is 22.2 Å². The zero-order chi connectivity index (χ0) is 17.1. The molecule has 7 N–H and O–H groups in total. The predicted octanol–water partition coefficient (Wildman–Crippen LogP) is -0.959. The Bertz CT molecular complexity index is 704. The molecule has 0 bridgehead atoms. The monoisotopic (exact) mass is 321 g/mol. The Hall–Kier alpha value is -2.03. The van der Waals surface area contributed by atoms with Crippen LogP contribution in [0.2, 0.25) is 0 Å². The Labute approximate surface area is 132 Å². The lowest BCUT2D eigenvalue weighted by Crippen LogP contribution is -2.48. The van der Waals surface area contributed by atoms with Crippen LogP contribution in [0.25, 0.3) is 10.8 Å². The Morgan fingerprint density at radius 1 is 1.00 bits per heavy atom. The van der Waals surface area contributed by atoms with E-state index in [0.29, 0.717) is 5.39 Å². The van der Waals surface area contributed by atoms with Crippen LogP contribution in [0.1, 0.15) is 10.4 Å². The normalized spacial score (nSPS) is 16.7. The molecule has 7 heteroatoms. The molecule has 0 amide bonds. The number of Topliss-reactive ketones (excluding diaryl/α,β-unsaturated/α-hetero) is 1. The van der Waals surface area contributed by atoms with E-state index in [1.807, 2.05) is 0 Å². The van der Waals surface area contributed by atoms with Gasteiger partial charge < -0.3 is 31.3 Å². The SMILES string of the molecule is Nc1ccc2ccccc2c1C(=O)[C@H](O)[C@@H](O)[C@@H](O)[C@H](O)CO. The van der Waals surface area contributed by atoms with E-state index in [4.69, 9.17) is 10.8 Å². The van der Waals surface area contributed by atoms with Gasteiger partial charge in [-0.25, -0.2) is 0 Å². The number of nitrogen functional groups attached to an aromatic ring is 1. The molecule has 0 unspecified atom stereocenters. The Kier molecular flexibility index (Phi) is 5.30. The minimum atomic E-state index is -2.00. The summed E-state index contributed by atoms with van der Waals surface area (Å²) in [6.45, 7) is -0.824. The number of aliphatic hydroxyl groups is 5. The van der Waals surface area contributed by atoms with Gasteiger partial charge in [-0.3, -0.25) is 4.79 Å². The number of carbonyl (C=O) groups excluding carboxylic acids is 1. The predicted molar refractivity (Wildman–Crippen MR) is 83.8 cm³/mol. The zero-order valence-electron chi connectivity index (χ0n) is 12.2. The van der Waals surface area contributed by atoms with Gasteiger partial charge >= 0.3 is 0 Å². The molecule has 0 aliphatic rings. The number of anilines is 1. The summed E-state index contributed by atoms with van der Waals surface area (Å²) in [5.74, 6) is -0.879. The number of hydrogen-bond acceptors (Lipinski definition) is 7. The van der Waals surface area contributed by atoms with Crippen LogP contribution in [0.15, 0.2) is 36.4 Å². The van der Waals surface area contributed by atoms with E-state index in [9.17, 15) is 25.2 Å². The van der Waals surface area contributed by atoms with Crippen molar-refractivity contribution in [2.75, 3.05) is 12.3 Å². The number of hydrogen-bond donors (Lipinski definition) is 6. The van der Waals surface area contributed by atoms with Crippen molar-refractivity contribution < 1.29 is 30.3 Å². The molecule has 0 saturated carbocycles. The van der Waals surface area contributed by atoms with Crippen LogP contribution < -0.4 is 5.73 Å². The fourth-order valence-corrected chi connectivity index (χ4v) is 2.39. The molecule has 0 aliphatic carbocycles. The molecule has 2 aromatic rings. The molecule has 7 nitrogen and oxygen atoms in total. The average Bonchev–Trinajstić information content (AvgIpc) is 2.58. The van der Waals surface area contributed by atoms with Crippen LogP contribution in [0.3, 0.4) is 0 Å². The average molecular weight is 321 g/mol. The smallest absolute Gasteiger partial charge is 0.196 e. The van der Waals surface area contributed by atoms with Crippen LogP contribution in [0, 0.1) is 0 Å². The number of ketones is 1. The lowest BCUT2D eigenvalue weighted by molar-refractivity contribution is -0.105. The lowest BCUT2D eigenvalue weighted by Gasteiger charge is -2.25. The third-order valence-electron chi connectivity index (χ3n) is 3.73. The van der Waals surface area contributed by atoms with Crippen molar-refractivity contribution in [2.24, 2.45) is 0 Å². The third kappa shape index (κ3) is 3.34. The van der Waals surface area contributed by atoms with Gasteiger partial charge in [0, 0.05) is 5.69 Å². The molecule has 0 fully saturated rings. The van der Waals surface area contributed by atoms with Crippen LogP contribution in [-0.2, 0) is 0 Å². The first kappa shape index (κ1) is 17.3. The second-order valence-corrected chi connectivity index (χ2v) is 5.29. The second kappa shape index (κ2) is 7.03. The number of carbonyl (C=O) groups is 1. The maximum atomic E-state index is 12.5. The molecule has 124 valence electrons. The van der Waals surface area contributed by atoms with E-state index in [1.165, 1.54) is 6.07 Å². The fourth-order valence-electron chi connectivity index (χ4n) is 2.39. The largest absolute Gasteiger partial charge is 0.398 e. The van der Waals surface area contributed by atoms with E-state index >= 15 is 0 Å². The highest BCUT2D eigenvalue weighted by atomic mass is 16.4. The number of rotatable bonds is 6. The van der Waals surface area contributed by atoms with Gasteiger partial charge in [0.25, 0.3) is 0 Å². The summed E-state index contributed by atoms with van der Waals surface area (Å²) < 4.78 is 0. The van der Waals surface area contributed by atoms with Crippen molar-refractivity contribution in [1.29, 1.82) is 0 Å². The van der Waals surface area contributed by atoms with E-state index in [-0.39, 0.29) is 11.3 Å². The molecular formula is C16H19NO6. The van der Waals surface area contributed by atoms with Crippen molar-refractivity contribution in [3.63, 3.8) is 0 Å². The maximum absolute atomic E-state index is 12.5. The molecule has 0 spiro atoms. The maximum Gasteiger partial charge on any atom is 0.196 e. The van der Waals surface area contributed by atoms with E-state index in [1.54, 1.807) is 30.3 Å². The summed E-state index contributed by atoms with van der Waals surface area (Å²) in [7, 11) is 0. The summed E-state index contributed by atoms with van der Waals surface area (Å²) in [6, 6.07) is 10.1. The summed E-state index contributed by atoms with van der Waals surface area (Å²) in [6.07, 6.45) is -7.53. The van der Waals surface area contributed by atoms with Gasteiger partial charge in [0.2, 0.25) is 0 Å². The number of benzene rings is 2. The summed E-state index contributed by atoms with van der Waals surface area (Å²) >= 11 is 0. The van der Waals surface area contributed by atoms with Crippen molar-refractivity contribution in [3.05, 3.63) is 42.0 Å². The Morgan fingerprint density at radius 3 is 2.30 bits per heavy atom. The van der Waals surface area contributed by atoms with Crippen LogP contribution >= 0.6 is 0 Å². The topological polar surface area (TPSA) is 144 Å². The van der Waals surface area contributed by atoms with E-state index in [0.717, 1.165) is 5.39 Å². The van der Waals surface area contributed by atoms with Crippen LogP contribution in [0.5, 0.6) is 0 Å². The Morgan fingerprint density at radius 2 is 1.65 bits per heavy atom. The first-order valence-corrected chi connectivity index (χ1v) is 7.03. The van der Waals surface area contributed by atoms with Gasteiger partial charge in [0.1, 0.15) is 24.4 Å². The fraction of sp³-hybridized carbons (Fsp3) is 0.312. The molecule has 2 rings (SSSR count). The molecule has 23 heavy (non-hydrogen) atoms. The number of nitrogens with two attached hydrogens (primary N) is 1. The molecule has 0 saturated heterocycles. The van der Waals surface area contributed by atoms with Gasteiger partial charge in [0.15, 0.2) is 5.78 Å². The minimum absolute atomic E-state index is 0.0281. The second-order valence-electron chi connectivity index (χ2n) is 5.29. The molecule has 0 aromatic heterocycles. The molecule has 0 heterocycles. The lowest BCUT2D eigenvalue weighted by atomic mass is 9.92. The van der Waals surface area contributed by atoms with Crippen molar-refractivity contribution in [1.82, 2.24) is 0 Å². The summed E-state index contributed by atoms with van der Waals surface area (Å²) in [4.78, 5) is 12.5.